The number of cyclic esters (lactones) is 1. The standard InChI is InChI=1S/C24H37N4O4/c1-28(21-8-11-26(12-9-21)18-20-6-4-3-5-7-20)19-22(32-24(28)30)27-16-14-25(15-17-27)13-10-23(29)31-2/h3-7,21-22H,8-19H2,1-2H3/q+1. The van der Waals surface area contributed by atoms with Gasteiger partial charge in [0.2, 0.25) is 6.23 Å². The van der Waals surface area contributed by atoms with Gasteiger partial charge in [0, 0.05) is 65.2 Å². The van der Waals surface area contributed by atoms with Crippen LogP contribution >= 0.6 is 0 Å². The molecule has 8 nitrogen and oxygen atoms in total. The zero-order valence-corrected chi connectivity index (χ0v) is 19.4. The summed E-state index contributed by atoms with van der Waals surface area (Å²) >= 11 is 0. The van der Waals surface area contributed by atoms with Crippen LogP contribution in [0.15, 0.2) is 30.3 Å². The van der Waals surface area contributed by atoms with Crippen LogP contribution in [-0.4, -0.2) is 110 Å². The molecule has 1 aromatic carbocycles. The number of hydrogen-bond donors (Lipinski definition) is 0. The van der Waals surface area contributed by atoms with Crippen LogP contribution < -0.4 is 0 Å². The normalized spacial score (nSPS) is 28.6. The summed E-state index contributed by atoms with van der Waals surface area (Å²) in [6, 6.07) is 10.9. The molecular weight excluding hydrogens is 408 g/mol. The lowest BCUT2D eigenvalue weighted by molar-refractivity contribution is -0.852. The van der Waals surface area contributed by atoms with Crippen LogP contribution in [0.2, 0.25) is 0 Å². The molecule has 3 aliphatic rings. The lowest BCUT2D eigenvalue weighted by Gasteiger charge is -2.40. The Hall–Kier alpha value is -2.00. The maximum Gasteiger partial charge on any atom is 0.517 e. The number of piperidine rings is 1. The van der Waals surface area contributed by atoms with Crippen molar-refractivity contribution in [2.75, 3.05) is 66.5 Å². The third-order valence-electron chi connectivity index (χ3n) is 7.48. The quantitative estimate of drug-likeness (QED) is 0.468. The maximum atomic E-state index is 12.9. The summed E-state index contributed by atoms with van der Waals surface area (Å²) in [5.74, 6) is -0.167. The van der Waals surface area contributed by atoms with Gasteiger partial charge < -0.3 is 14.4 Å². The van der Waals surface area contributed by atoms with E-state index in [-0.39, 0.29) is 18.3 Å². The summed E-state index contributed by atoms with van der Waals surface area (Å²) < 4.78 is 11.0. The highest BCUT2D eigenvalue weighted by atomic mass is 16.6. The predicted molar refractivity (Wildman–Crippen MR) is 121 cm³/mol. The van der Waals surface area contributed by atoms with Gasteiger partial charge in [0.25, 0.3) is 0 Å². The minimum absolute atomic E-state index is 0.0790. The fourth-order valence-electron chi connectivity index (χ4n) is 5.28. The summed E-state index contributed by atoms with van der Waals surface area (Å²) in [5.41, 5.74) is 1.35. The van der Waals surface area contributed by atoms with Crippen molar-refractivity contribution in [2.24, 2.45) is 0 Å². The summed E-state index contributed by atoms with van der Waals surface area (Å²) in [6.45, 7) is 7.94. The average molecular weight is 446 g/mol. The topological polar surface area (TPSA) is 62.3 Å². The second kappa shape index (κ2) is 10.3. The van der Waals surface area contributed by atoms with Gasteiger partial charge in [-0.15, -0.1) is 0 Å². The fourth-order valence-corrected chi connectivity index (χ4v) is 5.28. The Morgan fingerprint density at radius 3 is 2.41 bits per heavy atom. The molecule has 8 heteroatoms. The van der Waals surface area contributed by atoms with Gasteiger partial charge in [0.15, 0.2) is 0 Å². The summed E-state index contributed by atoms with van der Waals surface area (Å²) in [5, 5.41) is 0. The van der Waals surface area contributed by atoms with E-state index in [4.69, 9.17) is 9.47 Å². The lowest BCUT2D eigenvalue weighted by Crippen LogP contribution is -2.58. The Morgan fingerprint density at radius 2 is 1.75 bits per heavy atom. The van der Waals surface area contributed by atoms with Crippen molar-refractivity contribution in [3.8, 4) is 0 Å². The molecule has 2 unspecified atom stereocenters. The zero-order valence-electron chi connectivity index (χ0n) is 19.4. The molecule has 3 fully saturated rings. The van der Waals surface area contributed by atoms with Crippen molar-refractivity contribution in [3.63, 3.8) is 0 Å². The molecule has 3 aliphatic heterocycles. The molecule has 1 amide bonds. The fraction of sp³-hybridized carbons (Fsp3) is 0.667. The minimum atomic E-state index is -0.167. The van der Waals surface area contributed by atoms with E-state index in [0.717, 1.165) is 71.7 Å². The first-order chi connectivity index (χ1) is 15.5. The second-order valence-corrected chi connectivity index (χ2v) is 9.49. The maximum absolute atomic E-state index is 12.9. The summed E-state index contributed by atoms with van der Waals surface area (Å²) in [6.07, 6.45) is 2.24. The van der Waals surface area contributed by atoms with Gasteiger partial charge in [-0.1, -0.05) is 30.3 Å². The lowest BCUT2D eigenvalue weighted by atomic mass is 10.0. The molecule has 3 saturated heterocycles. The Morgan fingerprint density at radius 1 is 1.06 bits per heavy atom. The highest BCUT2D eigenvalue weighted by Gasteiger charge is 2.53. The first-order valence-electron chi connectivity index (χ1n) is 11.8. The average Bonchev–Trinajstić information content (AvgIpc) is 3.14. The van der Waals surface area contributed by atoms with E-state index in [0.29, 0.717) is 16.9 Å². The number of quaternary nitrogens is 1. The molecule has 0 N–H and O–H groups in total. The first kappa shape index (κ1) is 23.2. The third kappa shape index (κ3) is 5.31. The van der Waals surface area contributed by atoms with Gasteiger partial charge in [0.05, 0.1) is 20.6 Å². The SMILES string of the molecule is COC(=O)CCN1CCN(C2C[N+](C)(C3CCN(Cc4ccccc4)CC3)C(=O)O2)CC1. The number of likely N-dealkylation sites (tertiary alicyclic amines) is 1. The van der Waals surface area contributed by atoms with Crippen LogP contribution in [0.5, 0.6) is 0 Å². The predicted octanol–water partition coefficient (Wildman–Crippen LogP) is 1.75. The van der Waals surface area contributed by atoms with Crippen LogP contribution in [0.3, 0.4) is 0 Å². The van der Waals surface area contributed by atoms with Crippen LogP contribution in [0.4, 0.5) is 4.79 Å². The monoisotopic (exact) mass is 445 g/mol. The molecule has 4 rings (SSSR count). The molecule has 0 saturated carbocycles. The molecule has 0 radical (unpaired) electrons. The number of likely N-dealkylation sites (N-methyl/N-ethyl adjacent to an activating group) is 1. The number of piperazine rings is 1. The van der Waals surface area contributed by atoms with E-state index in [2.05, 4.69) is 52.1 Å². The van der Waals surface area contributed by atoms with Gasteiger partial charge in [-0.05, 0) is 5.56 Å². The Kier molecular flexibility index (Phi) is 7.45. The van der Waals surface area contributed by atoms with Crippen molar-refractivity contribution in [1.29, 1.82) is 0 Å². The van der Waals surface area contributed by atoms with Gasteiger partial charge in [-0.25, -0.2) is 4.48 Å². The molecule has 0 bridgehead atoms. The van der Waals surface area contributed by atoms with E-state index in [1.54, 1.807) is 0 Å². The van der Waals surface area contributed by atoms with Gasteiger partial charge in [-0.3, -0.25) is 14.6 Å². The number of esters is 1. The van der Waals surface area contributed by atoms with Crippen molar-refractivity contribution in [2.45, 2.75) is 38.1 Å². The Balaban J connectivity index is 1.25. The Bertz CT molecular complexity index is 775. The molecule has 32 heavy (non-hydrogen) atoms. The Labute approximate surface area is 191 Å². The molecule has 0 aromatic heterocycles. The van der Waals surface area contributed by atoms with Crippen LogP contribution in [-0.2, 0) is 20.8 Å². The van der Waals surface area contributed by atoms with Crippen molar-refractivity contribution in [3.05, 3.63) is 35.9 Å². The highest BCUT2D eigenvalue weighted by molar-refractivity contribution is 5.69. The molecule has 2 atom stereocenters. The van der Waals surface area contributed by atoms with Crippen molar-refractivity contribution >= 4 is 12.1 Å². The number of carbonyl (C=O) groups is 2. The van der Waals surface area contributed by atoms with Crippen LogP contribution in [0.1, 0.15) is 24.8 Å². The molecule has 1 aromatic rings. The minimum Gasteiger partial charge on any atom is -0.469 e. The molecule has 176 valence electrons. The van der Waals surface area contributed by atoms with Crippen molar-refractivity contribution in [1.82, 2.24) is 14.7 Å². The van der Waals surface area contributed by atoms with E-state index >= 15 is 0 Å². The molecule has 0 aliphatic carbocycles. The number of benzene rings is 1. The van der Waals surface area contributed by atoms with Gasteiger partial charge >= 0.3 is 12.1 Å². The number of amides is 1. The number of methoxy groups -OCH3 is 1. The van der Waals surface area contributed by atoms with E-state index in [1.165, 1.54) is 12.7 Å². The van der Waals surface area contributed by atoms with Crippen LogP contribution in [0, 0.1) is 0 Å². The second-order valence-electron chi connectivity index (χ2n) is 9.49. The van der Waals surface area contributed by atoms with Gasteiger partial charge in [-0.2, -0.15) is 4.79 Å². The number of rotatable bonds is 7. The van der Waals surface area contributed by atoms with E-state index in [1.807, 2.05) is 0 Å². The summed E-state index contributed by atoms with van der Waals surface area (Å²) in [4.78, 5) is 31.4. The number of carbonyl (C=O) groups excluding carboxylic acids is 2. The first-order valence-corrected chi connectivity index (χ1v) is 11.8. The number of ether oxygens (including phenoxy) is 2. The van der Waals surface area contributed by atoms with E-state index in [9.17, 15) is 9.59 Å². The zero-order chi connectivity index (χ0) is 22.6. The highest BCUT2D eigenvalue weighted by Crippen LogP contribution is 2.31. The number of hydrogen-bond acceptors (Lipinski definition) is 7. The van der Waals surface area contributed by atoms with Crippen LogP contribution in [0.25, 0.3) is 0 Å². The largest absolute Gasteiger partial charge is 0.517 e. The smallest absolute Gasteiger partial charge is 0.469 e. The molecule has 3 heterocycles. The van der Waals surface area contributed by atoms with Gasteiger partial charge in [0.1, 0.15) is 12.6 Å². The molecular formula is C24H37N4O4+. The van der Waals surface area contributed by atoms with Crippen molar-refractivity contribution < 1.29 is 23.5 Å². The third-order valence-corrected chi connectivity index (χ3v) is 7.48. The summed E-state index contributed by atoms with van der Waals surface area (Å²) in [7, 11) is 3.49. The van der Waals surface area contributed by atoms with E-state index < -0.39 is 0 Å². The molecule has 0 spiro atoms. The number of nitrogens with zero attached hydrogens (tertiary/aromatic N) is 4.